The molecule has 0 heterocycles. The summed E-state index contributed by atoms with van der Waals surface area (Å²) in [5, 5.41) is 11.6. The molecule has 0 aliphatic carbocycles. The first kappa shape index (κ1) is 16.1. The van der Waals surface area contributed by atoms with Crippen molar-refractivity contribution in [3.63, 3.8) is 0 Å². The minimum atomic E-state index is -1.24. The predicted molar refractivity (Wildman–Crippen MR) is 69.3 cm³/mol. The largest absolute Gasteiger partial charge is 0.481 e. The van der Waals surface area contributed by atoms with Crippen molar-refractivity contribution in [1.29, 1.82) is 0 Å². The van der Waals surface area contributed by atoms with Crippen molar-refractivity contribution in [3.8, 4) is 0 Å². The molecule has 1 rings (SSSR count). The van der Waals surface area contributed by atoms with Crippen molar-refractivity contribution in [2.24, 2.45) is 5.41 Å². The molecule has 0 aliphatic rings. The van der Waals surface area contributed by atoms with Gasteiger partial charge in [0.05, 0.1) is 11.0 Å². The molecule has 0 aliphatic heterocycles. The van der Waals surface area contributed by atoms with E-state index in [4.69, 9.17) is 0 Å². The molecule has 20 heavy (non-hydrogen) atoms. The lowest BCUT2D eigenvalue weighted by Crippen LogP contribution is -2.42. The van der Waals surface area contributed by atoms with Gasteiger partial charge in [0.15, 0.2) is 11.6 Å². The monoisotopic (exact) mass is 285 g/mol. The topological polar surface area (TPSA) is 66.4 Å². The molecule has 1 aromatic rings. The Morgan fingerprint density at radius 3 is 2.35 bits per heavy atom. The summed E-state index contributed by atoms with van der Waals surface area (Å²) < 4.78 is 26.5. The van der Waals surface area contributed by atoms with Crippen LogP contribution in [0.2, 0.25) is 0 Å². The Bertz CT molecular complexity index is 513. The van der Waals surface area contributed by atoms with Crippen LogP contribution in [-0.2, 0) is 4.79 Å². The lowest BCUT2D eigenvalue weighted by Gasteiger charge is -2.26. The number of halogens is 2. The molecule has 2 N–H and O–H groups in total. The van der Waals surface area contributed by atoms with E-state index >= 15 is 0 Å². The second kappa shape index (κ2) is 6.45. The van der Waals surface area contributed by atoms with Crippen LogP contribution < -0.4 is 5.32 Å². The van der Waals surface area contributed by atoms with Crippen LogP contribution in [0, 0.1) is 17.0 Å². The van der Waals surface area contributed by atoms with Gasteiger partial charge in [0.25, 0.3) is 5.91 Å². The number of carboxylic acids is 1. The summed E-state index contributed by atoms with van der Waals surface area (Å²) in [5.74, 6) is -4.20. The molecule has 0 radical (unpaired) electrons. The highest BCUT2D eigenvalue weighted by molar-refractivity contribution is 5.94. The Kier molecular flexibility index (Phi) is 5.19. The third kappa shape index (κ3) is 3.12. The molecule has 6 heteroatoms. The second-order valence-electron chi connectivity index (χ2n) is 4.58. The average molecular weight is 285 g/mol. The smallest absolute Gasteiger partial charge is 0.311 e. The van der Waals surface area contributed by atoms with Crippen LogP contribution in [0.4, 0.5) is 8.78 Å². The fraction of sp³-hybridized carbons (Fsp3) is 0.429. The average Bonchev–Trinajstić information content (AvgIpc) is 2.43. The van der Waals surface area contributed by atoms with E-state index in [1.54, 1.807) is 13.8 Å². The highest BCUT2D eigenvalue weighted by Gasteiger charge is 2.35. The third-order valence-corrected chi connectivity index (χ3v) is 3.59. The fourth-order valence-electron chi connectivity index (χ4n) is 1.90. The molecule has 1 amide bonds. The summed E-state index contributed by atoms with van der Waals surface area (Å²) in [7, 11) is 0. The van der Waals surface area contributed by atoms with Crippen LogP contribution in [-0.4, -0.2) is 23.5 Å². The van der Waals surface area contributed by atoms with Crippen LogP contribution in [0.25, 0.3) is 0 Å². The van der Waals surface area contributed by atoms with Crippen LogP contribution in [0.1, 0.15) is 37.0 Å². The van der Waals surface area contributed by atoms with E-state index in [-0.39, 0.29) is 6.54 Å². The van der Waals surface area contributed by atoms with Gasteiger partial charge in [0, 0.05) is 6.54 Å². The molecule has 0 atom stereocenters. The van der Waals surface area contributed by atoms with Crippen LogP contribution >= 0.6 is 0 Å². The van der Waals surface area contributed by atoms with E-state index in [0.717, 1.165) is 12.1 Å². The van der Waals surface area contributed by atoms with Gasteiger partial charge in [-0.3, -0.25) is 9.59 Å². The lowest BCUT2D eigenvalue weighted by atomic mass is 9.82. The van der Waals surface area contributed by atoms with Gasteiger partial charge in [0.2, 0.25) is 0 Å². The van der Waals surface area contributed by atoms with E-state index < -0.39 is 34.5 Å². The first-order valence-electron chi connectivity index (χ1n) is 6.33. The molecule has 4 nitrogen and oxygen atoms in total. The number of amides is 1. The number of hydrogen-bond donors (Lipinski definition) is 2. The summed E-state index contributed by atoms with van der Waals surface area (Å²) in [6.45, 7) is 3.27. The third-order valence-electron chi connectivity index (χ3n) is 3.59. The van der Waals surface area contributed by atoms with Crippen molar-refractivity contribution in [1.82, 2.24) is 5.32 Å². The Morgan fingerprint density at radius 2 is 1.85 bits per heavy atom. The molecule has 0 fully saturated rings. The number of carbonyl (C=O) groups excluding carboxylic acids is 1. The molecule has 1 aromatic carbocycles. The van der Waals surface area contributed by atoms with Crippen molar-refractivity contribution in [2.75, 3.05) is 6.54 Å². The van der Waals surface area contributed by atoms with Gasteiger partial charge < -0.3 is 10.4 Å². The summed E-state index contributed by atoms with van der Waals surface area (Å²) in [5.41, 5.74) is -1.53. The first-order valence-corrected chi connectivity index (χ1v) is 6.33. The first-order chi connectivity index (χ1) is 9.38. The Hall–Kier alpha value is -1.98. The van der Waals surface area contributed by atoms with Gasteiger partial charge in [-0.05, 0) is 25.0 Å². The molecule has 0 bridgehead atoms. The standard InChI is InChI=1S/C14H17F2NO3/c1-3-14(4-2,13(19)20)8-17-12(18)9-6-5-7-10(15)11(9)16/h5-7H,3-4,8H2,1-2H3,(H,17,18)(H,19,20). The zero-order valence-corrected chi connectivity index (χ0v) is 11.4. The van der Waals surface area contributed by atoms with E-state index in [9.17, 15) is 23.5 Å². The molecule has 0 saturated carbocycles. The number of benzene rings is 1. The Balaban J connectivity index is 2.86. The van der Waals surface area contributed by atoms with Crippen LogP contribution in [0.15, 0.2) is 18.2 Å². The number of carbonyl (C=O) groups is 2. The summed E-state index contributed by atoms with van der Waals surface area (Å²) in [4.78, 5) is 23.1. The zero-order valence-electron chi connectivity index (χ0n) is 11.4. The van der Waals surface area contributed by atoms with E-state index in [1.165, 1.54) is 6.07 Å². The molecule has 0 unspecified atom stereocenters. The highest BCUT2D eigenvalue weighted by atomic mass is 19.2. The zero-order chi connectivity index (χ0) is 15.3. The fourth-order valence-corrected chi connectivity index (χ4v) is 1.90. The molecule has 110 valence electrons. The van der Waals surface area contributed by atoms with Gasteiger partial charge in [-0.15, -0.1) is 0 Å². The summed E-state index contributed by atoms with van der Waals surface area (Å²) in [6.07, 6.45) is 0.648. The number of hydrogen-bond acceptors (Lipinski definition) is 2. The van der Waals surface area contributed by atoms with E-state index in [0.29, 0.717) is 12.8 Å². The maximum Gasteiger partial charge on any atom is 0.311 e. The summed E-state index contributed by atoms with van der Waals surface area (Å²) >= 11 is 0. The number of rotatable bonds is 6. The molecule has 0 saturated heterocycles. The Morgan fingerprint density at radius 1 is 1.25 bits per heavy atom. The molecule has 0 aromatic heterocycles. The Labute approximate surface area is 115 Å². The number of nitrogens with one attached hydrogen (secondary N) is 1. The van der Waals surface area contributed by atoms with Gasteiger partial charge in [-0.1, -0.05) is 19.9 Å². The lowest BCUT2D eigenvalue weighted by molar-refractivity contribution is -0.149. The number of aliphatic carboxylic acids is 1. The van der Waals surface area contributed by atoms with Gasteiger partial charge in [0.1, 0.15) is 0 Å². The number of carboxylic acid groups (broad SMARTS) is 1. The van der Waals surface area contributed by atoms with E-state index in [2.05, 4.69) is 5.32 Å². The summed E-state index contributed by atoms with van der Waals surface area (Å²) in [6, 6.07) is 3.28. The minimum absolute atomic E-state index is 0.135. The van der Waals surface area contributed by atoms with Gasteiger partial charge >= 0.3 is 5.97 Å². The van der Waals surface area contributed by atoms with Gasteiger partial charge in [-0.2, -0.15) is 0 Å². The molecular formula is C14H17F2NO3. The highest BCUT2D eigenvalue weighted by Crippen LogP contribution is 2.26. The van der Waals surface area contributed by atoms with Gasteiger partial charge in [-0.25, -0.2) is 8.78 Å². The second-order valence-corrected chi connectivity index (χ2v) is 4.58. The predicted octanol–water partition coefficient (Wildman–Crippen LogP) is 2.59. The van der Waals surface area contributed by atoms with E-state index in [1.807, 2.05) is 0 Å². The van der Waals surface area contributed by atoms with Crippen molar-refractivity contribution < 1.29 is 23.5 Å². The van der Waals surface area contributed by atoms with Crippen molar-refractivity contribution in [2.45, 2.75) is 26.7 Å². The minimum Gasteiger partial charge on any atom is -0.481 e. The maximum atomic E-state index is 13.4. The van der Waals surface area contributed by atoms with Crippen LogP contribution in [0.5, 0.6) is 0 Å². The van der Waals surface area contributed by atoms with Crippen molar-refractivity contribution in [3.05, 3.63) is 35.4 Å². The quantitative estimate of drug-likeness (QED) is 0.844. The maximum absolute atomic E-state index is 13.4. The SMILES string of the molecule is CCC(CC)(CNC(=O)c1cccc(F)c1F)C(=O)O. The van der Waals surface area contributed by atoms with Crippen molar-refractivity contribution >= 4 is 11.9 Å². The molecular weight excluding hydrogens is 268 g/mol. The normalized spacial score (nSPS) is 11.2. The molecule has 0 spiro atoms. The van der Waals surface area contributed by atoms with Crippen LogP contribution in [0.3, 0.4) is 0 Å².